The van der Waals surface area contributed by atoms with Crippen LogP contribution in [0.25, 0.3) is 22.5 Å². The van der Waals surface area contributed by atoms with Crippen LogP contribution in [0.2, 0.25) is 0 Å². The van der Waals surface area contributed by atoms with Gasteiger partial charge in [0.1, 0.15) is 5.69 Å². The van der Waals surface area contributed by atoms with E-state index < -0.39 is 0 Å². The lowest BCUT2D eigenvalue weighted by molar-refractivity contribution is -0.669. The second kappa shape index (κ2) is 6.35. The van der Waals surface area contributed by atoms with E-state index in [0.717, 1.165) is 18.7 Å². The van der Waals surface area contributed by atoms with Gasteiger partial charge in [-0.25, -0.2) is 4.57 Å². The number of fused-ring (bicyclic) bond motifs is 3. The van der Waals surface area contributed by atoms with Crippen LogP contribution in [0.3, 0.4) is 0 Å². The molecular formula is C24H27N2+. The first-order valence-corrected chi connectivity index (χ1v) is 9.52. The number of aromatic nitrogens is 2. The smallest absolute Gasteiger partial charge is 0.229 e. The minimum Gasteiger partial charge on any atom is -0.229 e. The fourth-order valence-electron chi connectivity index (χ4n) is 4.16. The van der Waals surface area contributed by atoms with Crippen molar-refractivity contribution in [3.05, 3.63) is 70.5 Å². The van der Waals surface area contributed by atoms with Crippen molar-refractivity contribution < 1.29 is 4.57 Å². The second-order valence-electron chi connectivity index (χ2n) is 8.04. The minimum absolute atomic E-state index is 0.669. The monoisotopic (exact) mass is 343 g/mol. The maximum atomic E-state index is 4.87. The van der Waals surface area contributed by atoms with Gasteiger partial charge in [0.2, 0.25) is 0 Å². The summed E-state index contributed by atoms with van der Waals surface area (Å²) in [5.41, 5.74) is 10.8. The van der Waals surface area contributed by atoms with Crippen molar-refractivity contribution >= 4 is 0 Å². The average molecular weight is 343 g/mol. The summed E-state index contributed by atoms with van der Waals surface area (Å²) < 4.78 is 2.30. The van der Waals surface area contributed by atoms with E-state index in [1.165, 1.54) is 44.6 Å². The maximum Gasteiger partial charge on any atom is 0.330 e. The van der Waals surface area contributed by atoms with Crippen molar-refractivity contribution in [2.75, 3.05) is 0 Å². The number of hydrogen-bond donors (Lipinski definition) is 0. The van der Waals surface area contributed by atoms with Crippen LogP contribution in [-0.2, 0) is 19.9 Å². The Labute approximate surface area is 156 Å². The Morgan fingerprint density at radius 1 is 1.04 bits per heavy atom. The van der Waals surface area contributed by atoms with Gasteiger partial charge in [0.15, 0.2) is 6.20 Å². The number of nitrogens with zero attached hydrogens (tertiary/aromatic N) is 2. The third-order valence-corrected chi connectivity index (χ3v) is 5.52. The molecule has 1 heterocycles. The molecule has 0 saturated heterocycles. The highest BCUT2D eigenvalue weighted by atomic mass is 15.0. The van der Waals surface area contributed by atoms with Gasteiger partial charge in [-0.05, 0) is 59.5 Å². The Bertz CT molecular complexity index is 999. The van der Waals surface area contributed by atoms with Gasteiger partial charge in [0.05, 0.1) is 18.2 Å². The van der Waals surface area contributed by atoms with Crippen LogP contribution >= 0.6 is 0 Å². The second-order valence-corrected chi connectivity index (χ2v) is 8.04. The standard InChI is InChI=1S/C24H27N2/c1-15(2)11-18-7-6-8-19-21(18)13-23-22(19)14-25-24(26(23)5)20-12-16(3)9-10-17(20)4/h6-10,12,14-15H,11,13H2,1-5H3/q+1. The number of rotatable bonds is 3. The Morgan fingerprint density at radius 3 is 2.62 bits per heavy atom. The summed E-state index contributed by atoms with van der Waals surface area (Å²) in [5, 5.41) is 0. The molecule has 0 aliphatic heterocycles. The molecular weight excluding hydrogens is 316 g/mol. The molecule has 0 fully saturated rings. The first-order valence-electron chi connectivity index (χ1n) is 9.52. The minimum atomic E-state index is 0.669. The molecule has 1 aliphatic rings. The van der Waals surface area contributed by atoms with Crippen molar-refractivity contribution in [3.63, 3.8) is 0 Å². The third kappa shape index (κ3) is 2.74. The van der Waals surface area contributed by atoms with Crippen LogP contribution in [-0.4, -0.2) is 4.98 Å². The first kappa shape index (κ1) is 17.0. The fourth-order valence-corrected chi connectivity index (χ4v) is 4.16. The van der Waals surface area contributed by atoms with Crippen molar-refractivity contribution in [2.45, 2.75) is 40.5 Å². The lowest BCUT2D eigenvalue weighted by Gasteiger charge is -2.10. The molecule has 26 heavy (non-hydrogen) atoms. The zero-order chi connectivity index (χ0) is 18.4. The summed E-state index contributed by atoms with van der Waals surface area (Å²) >= 11 is 0. The lowest BCUT2D eigenvalue weighted by Crippen LogP contribution is -2.37. The average Bonchev–Trinajstić information content (AvgIpc) is 2.98. The topological polar surface area (TPSA) is 16.8 Å². The predicted molar refractivity (Wildman–Crippen MR) is 107 cm³/mol. The largest absolute Gasteiger partial charge is 0.330 e. The molecule has 0 saturated carbocycles. The van der Waals surface area contributed by atoms with Gasteiger partial charge in [-0.1, -0.05) is 49.7 Å². The van der Waals surface area contributed by atoms with E-state index in [2.05, 4.69) is 81.9 Å². The fraction of sp³-hybridized carbons (Fsp3) is 0.333. The molecule has 0 atom stereocenters. The van der Waals surface area contributed by atoms with Crippen molar-refractivity contribution in [1.29, 1.82) is 0 Å². The van der Waals surface area contributed by atoms with Gasteiger partial charge in [-0.2, -0.15) is 0 Å². The molecule has 4 rings (SSSR count). The summed E-state index contributed by atoms with van der Waals surface area (Å²) in [7, 11) is 2.16. The van der Waals surface area contributed by atoms with E-state index in [9.17, 15) is 0 Å². The highest BCUT2D eigenvalue weighted by molar-refractivity contribution is 5.76. The van der Waals surface area contributed by atoms with Crippen molar-refractivity contribution in [3.8, 4) is 22.5 Å². The van der Waals surface area contributed by atoms with Gasteiger partial charge in [-0.3, -0.25) is 0 Å². The molecule has 0 amide bonds. The molecule has 0 unspecified atom stereocenters. The normalized spacial score (nSPS) is 12.4. The summed E-state index contributed by atoms with van der Waals surface area (Å²) in [5.74, 6) is 1.73. The zero-order valence-electron chi connectivity index (χ0n) is 16.4. The highest BCUT2D eigenvalue weighted by Crippen LogP contribution is 2.37. The highest BCUT2D eigenvalue weighted by Gasteiger charge is 2.30. The molecule has 2 aromatic carbocycles. The molecule has 132 valence electrons. The van der Waals surface area contributed by atoms with Gasteiger partial charge in [-0.15, -0.1) is 0 Å². The van der Waals surface area contributed by atoms with Crippen LogP contribution in [0.15, 0.2) is 42.6 Å². The van der Waals surface area contributed by atoms with Crippen LogP contribution in [0.1, 0.15) is 41.8 Å². The first-order chi connectivity index (χ1) is 12.5. The molecule has 3 aromatic rings. The van der Waals surface area contributed by atoms with Crippen molar-refractivity contribution in [1.82, 2.24) is 4.98 Å². The zero-order valence-corrected chi connectivity index (χ0v) is 16.4. The van der Waals surface area contributed by atoms with Gasteiger partial charge in [0.25, 0.3) is 0 Å². The molecule has 2 nitrogen and oxygen atoms in total. The van der Waals surface area contributed by atoms with Crippen LogP contribution < -0.4 is 4.57 Å². The van der Waals surface area contributed by atoms with Crippen LogP contribution in [0.4, 0.5) is 0 Å². The van der Waals surface area contributed by atoms with E-state index in [1.54, 1.807) is 0 Å². The molecule has 2 heteroatoms. The Hall–Kier alpha value is -2.48. The lowest BCUT2D eigenvalue weighted by atomic mass is 9.95. The quantitative estimate of drug-likeness (QED) is 0.480. The molecule has 1 aromatic heterocycles. The molecule has 1 aliphatic carbocycles. The van der Waals surface area contributed by atoms with Gasteiger partial charge >= 0.3 is 5.82 Å². The van der Waals surface area contributed by atoms with E-state index in [1.807, 2.05) is 0 Å². The summed E-state index contributed by atoms with van der Waals surface area (Å²) in [6.07, 6.45) is 4.22. The van der Waals surface area contributed by atoms with E-state index in [0.29, 0.717) is 5.92 Å². The predicted octanol–water partition coefficient (Wildman–Crippen LogP) is 4.96. The van der Waals surface area contributed by atoms with Crippen LogP contribution in [0, 0.1) is 19.8 Å². The van der Waals surface area contributed by atoms with Gasteiger partial charge < -0.3 is 0 Å². The molecule has 0 N–H and O–H groups in total. The maximum absolute atomic E-state index is 4.87. The van der Waals surface area contributed by atoms with E-state index in [-0.39, 0.29) is 0 Å². The Morgan fingerprint density at radius 2 is 1.85 bits per heavy atom. The van der Waals surface area contributed by atoms with E-state index >= 15 is 0 Å². The third-order valence-electron chi connectivity index (χ3n) is 5.52. The van der Waals surface area contributed by atoms with Crippen LogP contribution in [0.5, 0.6) is 0 Å². The number of benzene rings is 2. The SMILES string of the molecule is Cc1ccc(C)c(-c2ncc3c([n+]2C)Cc2c(CC(C)C)cccc2-3)c1. The molecule has 0 bridgehead atoms. The summed E-state index contributed by atoms with van der Waals surface area (Å²) in [6.45, 7) is 8.90. The molecule has 0 spiro atoms. The van der Waals surface area contributed by atoms with Crippen molar-refractivity contribution in [2.24, 2.45) is 13.0 Å². The Kier molecular flexibility index (Phi) is 4.14. The van der Waals surface area contributed by atoms with Gasteiger partial charge in [0, 0.05) is 6.42 Å². The Balaban J connectivity index is 1.84. The molecule has 0 radical (unpaired) electrons. The number of hydrogen-bond acceptors (Lipinski definition) is 1. The summed E-state index contributed by atoms with van der Waals surface area (Å²) in [6, 6.07) is 13.4. The van der Waals surface area contributed by atoms with E-state index in [4.69, 9.17) is 4.98 Å². The summed E-state index contributed by atoms with van der Waals surface area (Å²) in [4.78, 5) is 4.87. The number of aryl methyl sites for hydroxylation is 2.